The fourth-order valence-electron chi connectivity index (χ4n) is 0. The molecule has 0 aromatic rings. The van der Waals surface area contributed by atoms with E-state index in [1.807, 2.05) is 0 Å². The number of hydrogen-bond acceptors (Lipinski definition) is 0. The van der Waals surface area contributed by atoms with Gasteiger partial charge < -0.3 is 0 Å². The second kappa shape index (κ2) is 16.5. The van der Waals surface area contributed by atoms with Crippen LogP contribution in [0, 0.1) is 0 Å². The molecule has 0 aliphatic carbocycles. The van der Waals surface area contributed by atoms with Crippen molar-refractivity contribution in [1.82, 2.24) is 0 Å². The van der Waals surface area contributed by atoms with Crippen LogP contribution in [0.1, 0.15) is 0 Å². The van der Waals surface area contributed by atoms with Crippen LogP contribution in [0.5, 0.6) is 0 Å². The molecule has 0 rings (SSSR count). The van der Waals surface area contributed by atoms with Crippen LogP contribution in [-0.4, -0.2) is 74.2 Å². The van der Waals surface area contributed by atoms with Gasteiger partial charge in [0.2, 0.25) is 0 Å². The Hall–Kier alpha value is 3.11. The van der Waals surface area contributed by atoms with Crippen molar-refractivity contribution in [3.05, 3.63) is 0 Å². The fourth-order valence-corrected chi connectivity index (χ4v) is 0. The van der Waals surface area contributed by atoms with Gasteiger partial charge in [0, 0.05) is 93.7 Å². The zero-order valence-corrected chi connectivity index (χ0v) is 13.9. The summed E-state index contributed by atoms with van der Waals surface area (Å²) in [5, 5.41) is 0. The number of hydrogen-bond donors (Lipinski definition) is 0. The molecule has 0 unspecified atom stereocenters. The van der Waals surface area contributed by atoms with Crippen LogP contribution in [0.25, 0.3) is 0 Å². The predicted octanol–water partition coefficient (Wildman–Crippen LogP) is -1.14. The maximum absolute atomic E-state index is 0. The van der Waals surface area contributed by atoms with Gasteiger partial charge >= 0.3 is 0 Å². The average molecular weight is 421 g/mol. The molecule has 10 radical (unpaired) electrons. The SMILES string of the molecule is [In].[Sb].[Sn].[Zn]. The monoisotopic (exact) mass is 420 g/mol. The minimum atomic E-state index is 0. The van der Waals surface area contributed by atoms with Crippen molar-refractivity contribution >= 4 is 74.2 Å². The Labute approximate surface area is 91.8 Å². The largest absolute Gasteiger partial charge is 0 e. The third-order valence-corrected chi connectivity index (χ3v) is 0. The Kier molecular flexibility index (Phi) is 113. The van der Waals surface area contributed by atoms with Gasteiger partial charge in [-0.25, -0.2) is 0 Å². The first kappa shape index (κ1) is 27.4. The van der Waals surface area contributed by atoms with E-state index in [9.17, 15) is 0 Å². The van der Waals surface area contributed by atoms with E-state index >= 15 is 0 Å². The Morgan fingerprint density at radius 3 is 1.00 bits per heavy atom. The standard InChI is InChI=1S/In.Sb.Sn.Zn. The molecule has 0 N–H and O–H groups in total. The normalized spacial score (nSPS) is 0. The van der Waals surface area contributed by atoms with Crippen LogP contribution in [0.2, 0.25) is 0 Å². The summed E-state index contributed by atoms with van der Waals surface area (Å²) >= 11 is 0. The molecular weight excluding hydrogens is 421 g/mol. The molecular formula is InSbSnZn. The van der Waals surface area contributed by atoms with Crippen molar-refractivity contribution in [2.24, 2.45) is 0 Å². The number of rotatable bonds is 0. The quantitative estimate of drug-likeness (QED) is 0.435. The Morgan fingerprint density at radius 2 is 1.00 bits per heavy atom. The van der Waals surface area contributed by atoms with Crippen molar-refractivity contribution in [3.8, 4) is 0 Å². The van der Waals surface area contributed by atoms with Gasteiger partial charge in [-0.15, -0.1) is 0 Å². The van der Waals surface area contributed by atoms with E-state index in [1.54, 1.807) is 0 Å². The van der Waals surface area contributed by atoms with Gasteiger partial charge in [0.15, 0.2) is 0 Å². The maximum Gasteiger partial charge on any atom is 0 e. The molecule has 0 aliphatic heterocycles. The topological polar surface area (TPSA) is 0 Å². The molecule has 0 saturated carbocycles. The molecule has 0 atom stereocenters. The van der Waals surface area contributed by atoms with Crippen LogP contribution >= 0.6 is 0 Å². The van der Waals surface area contributed by atoms with Crippen molar-refractivity contribution in [1.29, 1.82) is 0 Å². The zero-order valence-electron chi connectivity index (χ0n) is 2.23. The Balaban J connectivity index is 0. The van der Waals surface area contributed by atoms with Gasteiger partial charge in [-0.3, -0.25) is 0 Å². The van der Waals surface area contributed by atoms with Gasteiger partial charge in [-0.1, -0.05) is 0 Å². The van der Waals surface area contributed by atoms with E-state index in [4.69, 9.17) is 0 Å². The Morgan fingerprint density at radius 1 is 1.00 bits per heavy atom. The van der Waals surface area contributed by atoms with Crippen LogP contribution in [0.4, 0.5) is 0 Å². The van der Waals surface area contributed by atoms with E-state index in [1.165, 1.54) is 0 Å². The summed E-state index contributed by atoms with van der Waals surface area (Å²) in [4.78, 5) is 0. The van der Waals surface area contributed by atoms with Gasteiger partial charge in [-0.2, -0.15) is 0 Å². The van der Waals surface area contributed by atoms with Crippen molar-refractivity contribution < 1.29 is 19.5 Å². The molecule has 0 aromatic carbocycles. The molecule has 4 heavy (non-hydrogen) atoms. The third kappa shape index (κ3) is 8.92. The predicted molar refractivity (Wildman–Crippen MR) is 17.3 cm³/mol. The van der Waals surface area contributed by atoms with E-state index in [0.29, 0.717) is 0 Å². The summed E-state index contributed by atoms with van der Waals surface area (Å²) in [6, 6.07) is 0. The summed E-state index contributed by atoms with van der Waals surface area (Å²) < 4.78 is 0. The third-order valence-electron chi connectivity index (χ3n) is 0. The van der Waals surface area contributed by atoms with Crippen molar-refractivity contribution in [2.75, 3.05) is 0 Å². The molecule has 0 amide bonds. The maximum atomic E-state index is 0. The second-order valence-electron chi connectivity index (χ2n) is 0. The second-order valence-corrected chi connectivity index (χ2v) is 0. The van der Waals surface area contributed by atoms with E-state index in [2.05, 4.69) is 0 Å². The summed E-state index contributed by atoms with van der Waals surface area (Å²) in [7, 11) is 0. The van der Waals surface area contributed by atoms with Crippen LogP contribution in [-0.2, 0) is 19.5 Å². The summed E-state index contributed by atoms with van der Waals surface area (Å²) in [6.07, 6.45) is 0. The summed E-state index contributed by atoms with van der Waals surface area (Å²) in [5.74, 6) is 0. The first-order valence-corrected chi connectivity index (χ1v) is 0. The molecule has 0 aromatic heterocycles. The molecule has 0 aliphatic rings. The Bertz CT molecular complexity index is 8.00. The molecule has 14 valence electrons. The molecule has 0 fully saturated rings. The van der Waals surface area contributed by atoms with Gasteiger partial charge in [0.25, 0.3) is 0 Å². The van der Waals surface area contributed by atoms with Gasteiger partial charge in [0.1, 0.15) is 0 Å². The summed E-state index contributed by atoms with van der Waals surface area (Å²) in [5.41, 5.74) is 0. The molecule has 0 saturated heterocycles. The molecule has 0 nitrogen and oxygen atoms in total. The van der Waals surface area contributed by atoms with Crippen molar-refractivity contribution in [3.63, 3.8) is 0 Å². The first-order valence-electron chi connectivity index (χ1n) is 0. The zero-order chi connectivity index (χ0) is 0. The van der Waals surface area contributed by atoms with Crippen LogP contribution in [0.15, 0.2) is 0 Å². The van der Waals surface area contributed by atoms with E-state index in [-0.39, 0.29) is 93.7 Å². The molecule has 4 heteroatoms. The fraction of sp³-hybridized carbons (Fsp3) is 0. The van der Waals surface area contributed by atoms with E-state index < -0.39 is 0 Å². The van der Waals surface area contributed by atoms with E-state index in [0.717, 1.165) is 0 Å². The van der Waals surface area contributed by atoms with Crippen LogP contribution in [0.3, 0.4) is 0 Å². The van der Waals surface area contributed by atoms with Gasteiger partial charge in [-0.05, 0) is 0 Å². The minimum absolute atomic E-state index is 0. The smallest absolute Gasteiger partial charge is 0 e. The molecule has 0 bridgehead atoms. The minimum Gasteiger partial charge on any atom is 0 e. The molecule has 0 heterocycles. The van der Waals surface area contributed by atoms with Gasteiger partial charge in [0.05, 0.1) is 0 Å². The van der Waals surface area contributed by atoms with Crippen LogP contribution < -0.4 is 0 Å². The average Bonchev–Trinajstić information content (AvgIpc) is 0. The summed E-state index contributed by atoms with van der Waals surface area (Å²) in [6.45, 7) is 0. The molecule has 0 spiro atoms. The first-order chi connectivity index (χ1) is 0. The van der Waals surface area contributed by atoms with Crippen molar-refractivity contribution in [2.45, 2.75) is 0 Å².